The van der Waals surface area contributed by atoms with Gasteiger partial charge in [-0.3, -0.25) is 4.79 Å². The van der Waals surface area contributed by atoms with E-state index in [1.165, 1.54) is 0 Å². The maximum atomic E-state index is 12.5. The van der Waals surface area contributed by atoms with E-state index in [1.807, 2.05) is 29.0 Å². The highest BCUT2D eigenvalue weighted by Crippen LogP contribution is 2.19. The molecule has 2 rings (SSSR count). The first-order chi connectivity index (χ1) is 9.51. The van der Waals surface area contributed by atoms with Crippen molar-refractivity contribution in [1.82, 2.24) is 9.47 Å². The third kappa shape index (κ3) is 3.55. The Morgan fingerprint density at radius 1 is 1.40 bits per heavy atom. The van der Waals surface area contributed by atoms with Crippen molar-refractivity contribution in [2.75, 3.05) is 7.05 Å². The van der Waals surface area contributed by atoms with Crippen molar-refractivity contribution in [3.8, 4) is 0 Å². The summed E-state index contributed by atoms with van der Waals surface area (Å²) in [6.45, 7) is 3.36. The molecular formula is C14H16Br2N2O2. The normalized spacial score (nSPS) is 10.8. The lowest BCUT2D eigenvalue weighted by Gasteiger charge is -2.17. The second kappa shape index (κ2) is 6.63. The first kappa shape index (κ1) is 15.4. The van der Waals surface area contributed by atoms with Gasteiger partial charge in [0.2, 0.25) is 0 Å². The van der Waals surface area contributed by atoms with E-state index in [0.717, 1.165) is 23.2 Å². The summed E-state index contributed by atoms with van der Waals surface area (Å²) in [5.74, 6) is 0.733. The fraction of sp³-hybridized carbons (Fsp3) is 0.357. The molecule has 0 bridgehead atoms. The van der Waals surface area contributed by atoms with Crippen molar-refractivity contribution >= 4 is 37.8 Å². The molecule has 0 aliphatic rings. The Morgan fingerprint density at radius 3 is 2.75 bits per heavy atom. The standard InChI is InChI=1S/C14H16Br2N2O2/c1-3-6-18-8-10(15)7-12(18)14(19)17(2)9-11-4-5-13(16)20-11/h4-5,7-8H,3,6,9H2,1-2H3. The molecule has 0 unspecified atom stereocenters. The van der Waals surface area contributed by atoms with Gasteiger partial charge in [0.15, 0.2) is 4.67 Å². The number of halogens is 2. The van der Waals surface area contributed by atoms with Gasteiger partial charge in [0.25, 0.3) is 5.91 Å². The zero-order chi connectivity index (χ0) is 14.7. The van der Waals surface area contributed by atoms with E-state index < -0.39 is 0 Å². The molecular weight excluding hydrogens is 388 g/mol. The van der Waals surface area contributed by atoms with Crippen molar-refractivity contribution in [1.29, 1.82) is 0 Å². The fourth-order valence-corrected chi connectivity index (χ4v) is 2.82. The van der Waals surface area contributed by atoms with Crippen molar-refractivity contribution in [3.63, 3.8) is 0 Å². The molecule has 0 aliphatic heterocycles. The Kier molecular flexibility index (Phi) is 5.10. The Hall–Kier alpha value is -1.01. The van der Waals surface area contributed by atoms with Crippen LogP contribution in [-0.2, 0) is 13.1 Å². The minimum Gasteiger partial charge on any atom is -0.452 e. The summed E-state index contributed by atoms with van der Waals surface area (Å²) in [5.41, 5.74) is 0.687. The van der Waals surface area contributed by atoms with Gasteiger partial charge in [-0.1, -0.05) is 6.92 Å². The Bertz CT molecular complexity index is 604. The number of aryl methyl sites for hydroxylation is 1. The van der Waals surface area contributed by atoms with Gasteiger partial charge >= 0.3 is 0 Å². The van der Waals surface area contributed by atoms with Crippen LogP contribution in [0.4, 0.5) is 0 Å². The molecule has 2 aromatic heterocycles. The molecule has 0 spiro atoms. The summed E-state index contributed by atoms with van der Waals surface area (Å²) in [4.78, 5) is 14.1. The minimum atomic E-state index is -0.0170. The smallest absolute Gasteiger partial charge is 0.270 e. The third-order valence-corrected chi connectivity index (χ3v) is 3.78. The van der Waals surface area contributed by atoms with Crippen LogP contribution in [0, 0.1) is 0 Å². The van der Waals surface area contributed by atoms with Crippen LogP contribution >= 0.6 is 31.9 Å². The topological polar surface area (TPSA) is 38.4 Å². The zero-order valence-electron chi connectivity index (χ0n) is 11.4. The molecule has 0 radical (unpaired) electrons. The number of hydrogen-bond acceptors (Lipinski definition) is 2. The molecule has 0 N–H and O–H groups in total. The molecule has 0 saturated heterocycles. The van der Waals surface area contributed by atoms with Gasteiger partial charge in [-0.05, 0) is 56.5 Å². The summed E-state index contributed by atoms with van der Waals surface area (Å²) in [6, 6.07) is 5.53. The molecule has 2 aromatic rings. The fourth-order valence-electron chi connectivity index (χ4n) is 2.02. The molecule has 20 heavy (non-hydrogen) atoms. The number of amides is 1. The third-order valence-electron chi connectivity index (χ3n) is 2.92. The Balaban J connectivity index is 2.13. The molecule has 1 amide bonds. The average Bonchev–Trinajstić information content (AvgIpc) is 2.95. The van der Waals surface area contributed by atoms with Gasteiger partial charge in [-0.15, -0.1) is 0 Å². The van der Waals surface area contributed by atoms with E-state index in [0.29, 0.717) is 16.9 Å². The van der Waals surface area contributed by atoms with Crippen LogP contribution in [0.3, 0.4) is 0 Å². The maximum absolute atomic E-state index is 12.5. The summed E-state index contributed by atoms with van der Waals surface area (Å²) >= 11 is 6.68. The molecule has 4 nitrogen and oxygen atoms in total. The van der Waals surface area contributed by atoms with E-state index in [-0.39, 0.29) is 5.91 Å². The number of carbonyl (C=O) groups excluding carboxylic acids is 1. The molecule has 0 fully saturated rings. The SMILES string of the molecule is CCCn1cc(Br)cc1C(=O)N(C)Cc1ccc(Br)o1. The first-order valence-corrected chi connectivity index (χ1v) is 7.95. The lowest BCUT2D eigenvalue weighted by molar-refractivity contribution is 0.0764. The van der Waals surface area contributed by atoms with Crippen molar-refractivity contribution in [3.05, 3.63) is 45.0 Å². The lowest BCUT2D eigenvalue weighted by atomic mass is 10.3. The second-order valence-electron chi connectivity index (χ2n) is 4.60. The number of carbonyl (C=O) groups is 1. The van der Waals surface area contributed by atoms with Crippen LogP contribution in [-0.4, -0.2) is 22.4 Å². The number of aromatic nitrogens is 1. The van der Waals surface area contributed by atoms with Crippen LogP contribution < -0.4 is 0 Å². The molecule has 0 atom stereocenters. The first-order valence-electron chi connectivity index (χ1n) is 6.36. The molecule has 0 aliphatic carbocycles. The van der Waals surface area contributed by atoms with E-state index in [1.54, 1.807) is 11.9 Å². The van der Waals surface area contributed by atoms with Crippen LogP contribution in [0.5, 0.6) is 0 Å². The van der Waals surface area contributed by atoms with E-state index in [2.05, 4.69) is 38.8 Å². The molecule has 0 saturated carbocycles. The zero-order valence-corrected chi connectivity index (χ0v) is 14.6. The predicted octanol–water partition coefficient (Wildman–Crippen LogP) is 4.29. The van der Waals surface area contributed by atoms with Crippen LogP contribution in [0.1, 0.15) is 29.6 Å². The molecule has 108 valence electrons. The number of rotatable bonds is 5. The molecule has 2 heterocycles. The summed E-state index contributed by atoms with van der Waals surface area (Å²) in [6.07, 6.45) is 2.92. The minimum absolute atomic E-state index is 0.0170. The quantitative estimate of drug-likeness (QED) is 0.746. The predicted molar refractivity (Wildman–Crippen MR) is 84.6 cm³/mol. The maximum Gasteiger partial charge on any atom is 0.270 e. The Labute approximate surface area is 135 Å². The summed E-state index contributed by atoms with van der Waals surface area (Å²) < 4.78 is 8.99. The van der Waals surface area contributed by atoms with E-state index in [4.69, 9.17) is 4.42 Å². The van der Waals surface area contributed by atoms with Gasteiger partial charge < -0.3 is 13.9 Å². The van der Waals surface area contributed by atoms with Gasteiger partial charge in [0.05, 0.1) is 6.54 Å². The van der Waals surface area contributed by atoms with Crippen LogP contribution in [0.2, 0.25) is 0 Å². The van der Waals surface area contributed by atoms with Crippen LogP contribution in [0.25, 0.3) is 0 Å². The van der Waals surface area contributed by atoms with Crippen molar-refractivity contribution in [2.45, 2.75) is 26.4 Å². The Morgan fingerprint density at radius 2 is 2.15 bits per heavy atom. The highest BCUT2D eigenvalue weighted by Gasteiger charge is 2.18. The van der Waals surface area contributed by atoms with Gasteiger partial charge in [0.1, 0.15) is 11.5 Å². The number of hydrogen-bond donors (Lipinski definition) is 0. The van der Waals surface area contributed by atoms with Gasteiger partial charge in [0, 0.05) is 24.3 Å². The number of nitrogens with zero attached hydrogens (tertiary/aromatic N) is 2. The number of furan rings is 1. The van der Waals surface area contributed by atoms with Crippen molar-refractivity contribution < 1.29 is 9.21 Å². The molecule has 0 aromatic carbocycles. The average molecular weight is 404 g/mol. The second-order valence-corrected chi connectivity index (χ2v) is 6.30. The van der Waals surface area contributed by atoms with Gasteiger partial charge in [-0.25, -0.2) is 0 Å². The van der Waals surface area contributed by atoms with E-state index >= 15 is 0 Å². The highest BCUT2D eigenvalue weighted by atomic mass is 79.9. The lowest BCUT2D eigenvalue weighted by Crippen LogP contribution is -2.28. The van der Waals surface area contributed by atoms with E-state index in [9.17, 15) is 4.79 Å². The van der Waals surface area contributed by atoms with Crippen LogP contribution in [0.15, 0.2) is 38.0 Å². The monoisotopic (exact) mass is 402 g/mol. The summed E-state index contributed by atoms with van der Waals surface area (Å²) in [7, 11) is 1.77. The molecule has 6 heteroatoms. The summed E-state index contributed by atoms with van der Waals surface area (Å²) in [5, 5.41) is 0. The highest BCUT2D eigenvalue weighted by molar-refractivity contribution is 9.10. The van der Waals surface area contributed by atoms with Gasteiger partial charge in [-0.2, -0.15) is 0 Å². The van der Waals surface area contributed by atoms with Crippen molar-refractivity contribution in [2.24, 2.45) is 0 Å². The largest absolute Gasteiger partial charge is 0.452 e.